The molecule has 16 heavy (non-hydrogen) atoms. The van der Waals surface area contributed by atoms with Gasteiger partial charge in [-0.3, -0.25) is 0 Å². The monoisotopic (exact) mass is 260 g/mol. The molecule has 0 aromatic heterocycles. The Kier molecular flexibility index (Phi) is 4.79. The van der Waals surface area contributed by atoms with Gasteiger partial charge in [-0.1, -0.05) is 35.9 Å². The zero-order chi connectivity index (χ0) is 11.0. The van der Waals surface area contributed by atoms with Crippen LogP contribution in [-0.2, 0) is 0 Å². The number of carbonyl (C=O) groups excluding carboxylic acids is 1. The molecule has 2 aromatic rings. The largest absolute Gasteiger partial charge is 1.00 e. The summed E-state index contributed by atoms with van der Waals surface area (Å²) in [6.07, 6.45) is 0. The van der Waals surface area contributed by atoms with Gasteiger partial charge in [-0.25, -0.2) is 0 Å². The number of hydrogen-bond donors (Lipinski definition) is 1. The molecule has 0 heterocycles. The van der Waals surface area contributed by atoms with Gasteiger partial charge >= 0.3 is 51.4 Å². The van der Waals surface area contributed by atoms with Crippen molar-refractivity contribution in [3.63, 3.8) is 0 Å². The molecule has 3 nitrogen and oxygen atoms in total. The Hall–Kier alpha value is -0.104. The molecule has 0 aliphatic rings. The van der Waals surface area contributed by atoms with Crippen LogP contribution in [0, 0.1) is 0 Å². The zero-order valence-corrected chi connectivity index (χ0v) is 12.4. The number of carboxylic acid groups (broad SMARTS) is 1. The molecule has 0 aliphatic heterocycles. The Balaban J connectivity index is 0.00000128. The van der Waals surface area contributed by atoms with E-state index < -0.39 is 11.7 Å². The first-order valence-corrected chi connectivity index (χ1v) is 4.60. The maximum atomic E-state index is 10.9. The van der Waals surface area contributed by atoms with Gasteiger partial charge in [0.15, 0.2) is 0 Å². The summed E-state index contributed by atoms with van der Waals surface area (Å²) < 4.78 is 0. The van der Waals surface area contributed by atoms with E-state index in [1.165, 1.54) is 6.07 Å². The van der Waals surface area contributed by atoms with Crippen molar-refractivity contribution in [3.8, 4) is 5.75 Å². The number of benzene rings is 2. The van der Waals surface area contributed by atoms with E-state index in [4.69, 9.17) is 11.6 Å². The minimum atomic E-state index is -1.44. The zero-order valence-electron chi connectivity index (χ0n) is 8.53. The Morgan fingerprint density at radius 3 is 2.56 bits per heavy atom. The van der Waals surface area contributed by atoms with Gasteiger partial charge < -0.3 is 15.0 Å². The smallest absolute Gasteiger partial charge is 0.545 e. The number of aromatic hydroxyl groups is 1. The van der Waals surface area contributed by atoms with E-state index in [-0.39, 0.29) is 62.0 Å². The van der Waals surface area contributed by atoms with Crippen LogP contribution in [0.1, 0.15) is 10.4 Å². The molecule has 1 N–H and O–H groups in total. The standard InChI is InChI=1S/C11H7ClO3.K/c12-8-5-6-3-1-2-4-7(6)9(10(8)13)11(14)15;/h1-5,13H,(H,14,15);/q;+1/p-1. The number of phenols is 1. The second kappa shape index (κ2) is 5.49. The first-order valence-electron chi connectivity index (χ1n) is 4.23. The van der Waals surface area contributed by atoms with Gasteiger partial charge in [0.1, 0.15) is 5.75 Å². The van der Waals surface area contributed by atoms with Crippen LogP contribution < -0.4 is 56.5 Å². The van der Waals surface area contributed by atoms with Crippen molar-refractivity contribution in [1.82, 2.24) is 0 Å². The van der Waals surface area contributed by atoms with E-state index in [0.717, 1.165) is 0 Å². The second-order valence-corrected chi connectivity index (χ2v) is 3.50. The number of carboxylic acids is 1. The second-order valence-electron chi connectivity index (χ2n) is 3.09. The molecule has 0 bridgehead atoms. The fourth-order valence-electron chi connectivity index (χ4n) is 1.51. The predicted molar refractivity (Wildman–Crippen MR) is 55.0 cm³/mol. The molecule has 2 rings (SSSR count). The van der Waals surface area contributed by atoms with E-state index in [1.807, 2.05) is 0 Å². The van der Waals surface area contributed by atoms with E-state index in [1.54, 1.807) is 24.3 Å². The van der Waals surface area contributed by atoms with Gasteiger partial charge in [0.05, 0.1) is 11.0 Å². The summed E-state index contributed by atoms with van der Waals surface area (Å²) in [5.74, 6) is -1.89. The molecule has 76 valence electrons. The van der Waals surface area contributed by atoms with Gasteiger partial charge in [0.25, 0.3) is 0 Å². The molecule has 0 saturated heterocycles. The minimum Gasteiger partial charge on any atom is -0.545 e. The molecule has 0 fully saturated rings. The number of fused-ring (bicyclic) bond motifs is 1. The predicted octanol–water partition coefficient (Wildman–Crippen LogP) is -1.43. The average Bonchev–Trinajstić information content (AvgIpc) is 2.19. The first kappa shape index (κ1) is 14.0. The van der Waals surface area contributed by atoms with Crippen molar-refractivity contribution >= 4 is 28.3 Å². The number of hydrogen-bond acceptors (Lipinski definition) is 3. The normalized spacial score (nSPS) is 9.81. The molecule has 0 unspecified atom stereocenters. The molecule has 0 aliphatic carbocycles. The fraction of sp³-hybridized carbons (Fsp3) is 0. The number of rotatable bonds is 1. The minimum absolute atomic E-state index is 0. The summed E-state index contributed by atoms with van der Waals surface area (Å²) in [7, 11) is 0. The SMILES string of the molecule is O=C([O-])c1c(O)c(Cl)cc2ccccc12.[K+]. The van der Waals surface area contributed by atoms with Gasteiger partial charge in [0.2, 0.25) is 0 Å². The van der Waals surface area contributed by atoms with Gasteiger partial charge in [0, 0.05) is 5.56 Å². The molecule has 0 radical (unpaired) electrons. The summed E-state index contributed by atoms with van der Waals surface area (Å²) >= 11 is 5.70. The van der Waals surface area contributed by atoms with Crippen molar-refractivity contribution in [2.45, 2.75) is 0 Å². The number of halogens is 1. The van der Waals surface area contributed by atoms with E-state index in [0.29, 0.717) is 10.8 Å². The van der Waals surface area contributed by atoms with Crippen molar-refractivity contribution in [3.05, 3.63) is 40.9 Å². The van der Waals surface area contributed by atoms with Crippen molar-refractivity contribution in [2.24, 2.45) is 0 Å². The van der Waals surface area contributed by atoms with E-state index in [2.05, 4.69) is 0 Å². The van der Waals surface area contributed by atoms with Crippen LogP contribution in [0.2, 0.25) is 5.02 Å². The topological polar surface area (TPSA) is 60.4 Å². The van der Waals surface area contributed by atoms with Crippen LogP contribution in [0.4, 0.5) is 0 Å². The van der Waals surface area contributed by atoms with E-state index in [9.17, 15) is 15.0 Å². The average molecular weight is 261 g/mol. The molecule has 5 heteroatoms. The number of carbonyl (C=O) groups is 1. The first-order chi connectivity index (χ1) is 7.11. The maximum Gasteiger partial charge on any atom is 1.00 e. The van der Waals surface area contributed by atoms with Crippen LogP contribution in [0.15, 0.2) is 30.3 Å². The third-order valence-corrected chi connectivity index (χ3v) is 2.47. The third-order valence-electron chi connectivity index (χ3n) is 2.18. The summed E-state index contributed by atoms with van der Waals surface area (Å²) in [6, 6.07) is 8.26. The quantitative estimate of drug-likeness (QED) is 0.640. The van der Waals surface area contributed by atoms with Crippen molar-refractivity contribution < 1.29 is 66.4 Å². The van der Waals surface area contributed by atoms with Crippen molar-refractivity contribution in [1.29, 1.82) is 0 Å². The number of aromatic carboxylic acids is 1. The maximum absolute atomic E-state index is 10.9. The molecular formula is C11H6ClKO3. The van der Waals surface area contributed by atoms with Gasteiger partial charge in [-0.05, 0) is 16.8 Å². The Morgan fingerprint density at radius 1 is 1.31 bits per heavy atom. The van der Waals surface area contributed by atoms with Gasteiger partial charge in [-0.15, -0.1) is 0 Å². The van der Waals surface area contributed by atoms with E-state index >= 15 is 0 Å². The summed E-state index contributed by atoms with van der Waals surface area (Å²) in [5.41, 5.74) is -0.266. The van der Waals surface area contributed by atoms with Crippen LogP contribution in [0.25, 0.3) is 10.8 Å². The van der Waals surface area contributed by atoms with Crippen LogP contribution in [0.3, 0.4) is 0 Å². The molecule has 0 atom stereocenters. The van der Waals surface area contributed by atoms with Crippen LogP contribution >= 0.6 is 11.6 Å². The molecule has 0 amide bonds. The Bertz CT molecular complexity index is 554. The molecule has 0 saturated carbocycles. The summed E-state index contributed by atoms with van der Waals surface area (Å²) in [5, 5.41) is 21.4. The van der Waals surface area contributed by atoms with Crippen LogP contribution in [0.5, 0.6) is 5.75 Å². The molecule has 2 aromatic carbocycles. The molecule has 0 spiro atoms. The summed E-state index contributed by atoms with van der Waals surface area (Å²) in [6.45, 7) is 0. The fourth-order valence-corrected chi connectivity index (χ4v) is 1.72. The van der Waals surface area contributed by atoms with Crippen LogP contribution in [-0.4, -0.2) is 11.1 Å². The summed E-state index contributed by atoms with van der Waals surface area (Å²) in [4.78, 5) is 10.9. The Morgan fingerprint density at radius 2 is 1.94 bits per heavy atom. The molecular weight excluding hydrogens is 255 g/mol. The Labute approximate surface area is 139 Å². The van der Waals surface area contributed by atoms with Crippen molar-refractivity contribution in [2.75, 3.05) is 0 Å². The van der Waals surface area contributed by atoms with Gasteiger partial charge in [-0.2, -0.15) is 0 Å². The third kappa shape index (κ3) is 2.42.